The fraction of sp³-hybridized carbons (Fsp3) is 1.00. The van der Waals surface area contributed by atoms with Gasteiger partial charge in [0, 0.05) is 26.3 Å². The first kappa shape index (κ1) is 15.9. The molecular formula is C14H31NO. The van der Waals surface area contributed by atoms with E-state index in [1.165, 1.54) is 25.7 Å². The molecule has 2 nitrogen and oxygen atoms in total. The van der Waals surface area contributed by atoms with Crippen molar-refractivity contribution in [1.29, 1.82) is 0 Å². The molecule has 0 aromatic heterocycles. The Balaban J connectivity index is 3.80. The number of hydrogen-bond donors (Lipinski definition) is 1. The van der Waals surface area contributed by atoms with E-state index in [1.54, 1.807) is 7.11 Å². The predicted molar refractivity (Wildman–Crippen MR) is 71.9 cm³/mol. The highest BCUT2D eigenvalue weighted by molar-refractivity contribution is 4.75. The first-order chi connectivity index (χ1) is 7.55. The van der Waals surface area contributed by atoms with Crippen LogP contribution in [0.3, 0.4) is 0 Å². The topological polar surface area (TPSA) is 21.3 Å². The minimum absolute atomic E-state index is 0.343. The fourth-order valence-electron chi connectivity index (χ4n) is 1.79. The number of hydrogen-bond acceptors (Lipinski definition) is 2. The predicted octanol–water partition coefficient (Wildman–Crippen LogP) is 3.61. The van der Waals surface area contributed by atoms with Crippen molar-refractivity contribution in [1.82, 2.24) is 5.32 Å². The molecule has 0 aromatic rings. The van der Waals surface area contributed by atoms with E-state index >= 15 is 0 Å². The lowest BCUT2D eigenvalue weighted by molar-refractivity contribution is 0.148. The van der Waals surface area contributed by atoms with Crippen molar-refractivity contribution < 1.29 is 4.74 Å². The molecule has 1 unspecified atom stereocenters. The monoisotopic (exact) mass is 229 g/mol. The van der Waals surface area contributed by atoms with Crippen molar-refractivity contribution in [3.05, 3.63) is 0 Å². The maximum atomic E-state index is 5.15. The van der Waals surface area contributed by atoms with E-state index < -0.39 is 0 Å². The average Bonchev–Trinajstić information content (AvgIpc) is 2.27. The van der Waals surface area contributed by atoms with Crippen LogP contribution in [-0.4, -0.2) is 26.3 Å². The van der Waals surface area contributed by atoms with Crippen molar-refractivity contribution in [3.63, 3.8) is 0 Å². The summed E-state index contributed by atoms with van der Waals surface area (Å²) in [6.07, 6.45) is 6.31. The number of rotatable bonds is 10. The lowest BCUT2D eigenvalue weighted by Gasteiger charge is -2.28. The first-order valence-corrected chi connectivity index (χ1v) is 6.78. The van der Waals surface area contributed by atoms with E-state index in [9.17, 15) is 0 Å². The van der Waals surface area contributed by atoms with Gasteiger partial charge in [-0.15, -0.1) is 0 Å². The van der Waals surface area contributed by atoms with Gasteiger partial charge in [-0.3, -0.25) is 0 Å². The molecule has 1 atom stereocenters. The van der Waals surface area contributed by atoms with Crippen LogP contribution in [0.25, 0.3) is 0 Å². The average molecular weight is 229 g/mol. The summed E-state index contributed by atoms with van der Waals surface area (Å²) in [6, 6.07) is 0.696. The van der Waals surface area contributed by atoms with E-state index in [0.717, 1.165) is 19.6 Å². The Labute approximate surface area is 102 Å². The molecule has 0 saturated carbocycles. The van der Waals surface area contributed by atoms with Crippen LogP contribution < -0.4 is 5.32 Å². The first-order valence-electron chi connectivity index (χ1n) is 6.78. The van der Waals surface area contributed by atoms with Crippen LogP contribution in [0.4, 0.5) is 0 Å². The molecule has 1 N–H and O–H groups in total. The number of unbranched alkanes of at least 4 members (excludes halogenated alkanes) is 1. The van der Waals surface area contributed by atoms with Crippen LogP contribution in [0.1, 0.15) is 59.8 Å². The number of methoxy groups -OCH3 is 1. The minimum atomic E-state index is 0.343. The molecule has 0 aliphatic rings. The summed E-state index contributed by atoms with van der Waals surface area (Å²) in [5, 5.41) is 3.70. The Hall–Kier alpha value is -0.0800. The van der Waals surface area contributed by atoms with Gasteiger partial charge in [0.05, 0.1) is 0 Å². The van der Waals surface area contributed by atoms with Crippen molar-refractivity contribution in [2.75, 3.05) is 20.3 Å². The van der Waals surface area contributed by atoms with Gasteiger partial charge in [0.2, 0.25) is 0 Å². The fourth-order valence-corrected chi connectivity index (χ4v) is 1.79. The Morgan fingerprint density at radius 3 is 2.44 bits per heavy atom. The molecule has 0 saturated heterocycles. The van der Waals surface area contributed by atoms with Gasteiger partial charge in [-0.25, -0.2) is 0 Å². The second-order valence-electron chi connectivity index (χ2n) is 5.54. The number of nitrogens with one attached hydrogen (secondary N) is 1. The highest BCUT2D eigenvalue weighted by atomic mass is 16.5. The zero-order chi connectivity index (χ0) is 12.4. The molecule has 0 aromatic carbocycles. The highest BCUT2D eigenvalue weighted by Gasteiger charge is 2.18. The van der Waals surface area contributed by atoms with Gasteiger partial charge in [-0.2, -0.15) is 0 Å². The van der Waals surface area contributed by atoms with E-state index in [2.05, 4.69) is 33.0 Å². The van der Waals surface area contributed by atoms with Crippen molar-refractivity contribution in [2.45, 2.75) is 65.8 Å². The van der Waals surface area contributed by atoms with Gasteiger partial charge >= 0.3 is 0 Å². The minimum Gasteiger partial charge on any atom is -0.385 e. The van der Waals surface area contributed by atoms with Gasteiger partial charge in [0.15, 0.2) is 0 Å². The summed E-state index contributed by atoms with van der Waals surface area (Å²) >= 11 is 0. The second-order valence-corrected chi connectivity index (χ2v) is 5.54. The Morgan fingerprint density at radius 2 is 1.94 bits per heavy atom. The maximum Gasteiger partial charge on any atom is 0.0467 e. The Morgan fingerprint density at radius 1 is 1.25 bits per heavy atom. The molecule has 0 fully saturated rings. The van der Waals surface area contributed by atoms with Gasteiger partial charge in [0.1, 0.15) is 0 Å². The third-order valence-corrected chi connectivity index (χ3v) is 3.25. The smallest absolute Gasteiger partial charge is 0.0467 e. The number of ether oxygens (including phenoxy) is 1. The molecule has 0 aliphatic heterocycles. The summed E-state index contributed by atoms with van der Waals surface area (Å²) in [6.45, 7) is 11.1. The molecule has 2 heteroatoms. The van der Waals surface area contributed by atoms with Crippen molar-refractivity contribution in [3.8, 4) is 0 Å². The molecule has 0 heterocycles. The van der Waals surface area contributed by atoms with Gasteiger partial charge in [-0.1, -0.05) is 40.5 Å². The Kier molecular flexibility index (Phi) is 8.96. The van der Waals surface area contributed by atoms with Gasteiger partial charge in [0.25, 0.3) is 0 Å². The SMILES string of the molecule is CCCCC(CC)NCC(C)(C)CCOC. The van der Waals surface area contributed by atoms with Gasteiger partial charge < -0.3 is 10.1 Å². The summed E-state index contributed by atoms with van der Waals surface area (Å²) in [4.78, 5) is 0. The van der Waals surface area contributed by atoms with E-state index in [4.69, 9.17) is 4.74 Å². The van der Waals surface area contributed by atoms with E-state index in [0.29, 0.717) is 11.5 Å². The van der Waals surface area contributed by atoms with Crippen molar-refractivity contribution >= 4 is 0 Å². The standard InChI is InChI=1S/C14H31NO/c1-6-8-9-13(7-2)15-12-14(3,4)10-11-16-5/h13,15H,6-12H2,1-5H3. The van der Waals surface area contributed by atoms with E-state index in [-0.39, 0.29) is 0 Å². The summed E-state index contributed by atoms with van der Waals surface area (Å²) < 4.78 is 5.15. The quantitative estimate of drug-likeness (QED) is 0.618. The largest absolute Gasteiger partial charge is 0.385 e. The highest BCUT2D eigenvalue weighted by Crippen LogP contribution is 2.19. The normalized spacial score (nSPS) is 14.1. The summed E-state index contributed by atoms with van der Waals surface area (Å²) in [5.41, 5.74) is 0.343. The third-order valence-electron chi connectivity index (χ3n) is 3.25. The third kappa shape index (κ3) is 8.12. The second kappa shape index (κ2) is 9.00. The summed E-state index contributed by atoms with van der Waals surface area (Å²) in [5.74, 6) is 0. The van der Waals surface area contributed by atoms with Crippen LogP contribution in [0.15, 0.2) is 0 Å². The lowest BCUT2D eigenvalue weighted by atomic mass is 9.89. The van der Waals surface area contributed by atoms with Gasteiger partial charge in [-0.05, 0) is 24.7 Å². The molecule has 0 rings (SSSR count). The molecule has 0 amide bonds. The Bertz CT molecular complexity index is 157. The van der Waals surface area contributed by atoms with E-state index in [1.807, 2.05) is 0 Å². The lowest BCUT2D eigenvalue weighted by Crippen LogP contribution is -2.37. The zero-order valence-corrected chi connectivity index (χ0v) is 11.9. The molecule has 0 spiro atoms. The molecule has 16 heavy (non-hydrogen) atoms. The van der Waals surface area contributed by atoms with Crippen LogP contribution >= 0.6 is 0 Å². The molecular weight excluding hydrogens is 198 g/mol. The van der Waals surface area contributed by atoms with Crippen molar-refractivity contribution in [2.24, 2.45) is 5.41 Å². The molecule has 0 bridgehead atoms. The molecule has 0 aliphatic carbocycles. The maximum absolute atomic E-state index is 5.15. The van der Waals surface area contributed by atoms with Crippen LogP contribution in [0.2, 0.25) is 0 Å². The molecule has 0 radical (unpaired) electrons. The van der Waals surface area contributed by atoms with Crippen LogP contribution in [0.5, 0.6) is 0 Å². The summed E-state index contributed by atoms with van der Waals surface area (Å²) in [7, 11) is 1.78. The molecule has 98 valence electrons. The van der Waals surface area contributed by atoms with Crippen LogP contribution in [-0.2, 0) is 4.74 Å². The van der Waals surface area contributed by atoms with Crippen LogP contribution in [0, 0.1) is 5.41 Å². The zero-order valence-electron chi connectivity index (χ0n) is 11.9.